The summed E-state index contributed by atoms with van der Waals surface area (Å²) in [6.45, 7) is 7.96. The zero-order valence-corrected chi connectivity index (χ0v) is 21.5. The molecular formula is C27H34O9. The SMILES string of the molecule is CC(=O)OC(C#CC1=CCCC(C#CC(OC(C)=O)C(C)O)(C#CC(OC(C)=O)C(C)O)C1)C(C)O. The predicted octanol–water partition coefficient (Wildman–Crippen LogP) is 1.03. The molecule has 0 aromatic carbocycles. The van der Waals surface area contributed by atoms with Crippen LogP contribution in [0.3, 0.4) is 0 Å². The number of carbonyl (C=O) groups excluding carboxylic acids is 3. The zero-order chi connectivity index (χ0) is 27.5. The van der Waals surface area contributed by atoms with Crippen molar-refractivity contribution in [2.75, 3.05) is 0 Å². The van der Waals surface area contributed by atoms with E-state index in [1.807, 2.05) is 6.08 Å². The van der Waals surface area contributed by atoms with Crippen molar-refractivity contribution in [2.24, 2.45) is 5.41 Å². The molecule has 0 amide bonds. The molecular weight excluding hydrogens is 468 g/mol. The molecule has 0 aliphatic heterocycles. The maximum absolute atomic E-state index is 11.4. The van der Waals surface area contributed by atoms with E-state index in [1.165, 1.54) is 41.5 Å². The maximum atomic E-state index is 11.4. The molecule has 196 valence electrons. The van der Waals surface area contributed by atoms with Crippen LogP contribution < -0.4 is 0 Å². The van der Waals surface area contributed by atoms with Gasteiger partial charge < -0.3 is 29.5 Å². The molecule has 0 fully saturated rings. The van der Waals surface area contributed by atoms with Gasteiger partial charge in [0.15, 0.2) is 18.3 Å². The summed E-state index contributed by atoms with van der Waals surface area (Å²) < 4.78 is 15.2. The zero-order valence-electron chi connectivity index (χ0n) is 21.5. The van der Waals surface area contributed by atoms with Crippen molar-refractivity contribution in [3.8, 4) is 35.5 Å². The van der Waals surface area contributed by atoms with Gasteiger partial charge in [0.05, 0.1) is 23.7 Å². The van der Waals surface area contributed by atoms with Crippen molar-refractivity contribution in [3.05, 3.63) is 11.6 Å². The fourth-order valence-electron chi connectivity index (χ4n) is 3.18. The highest BCUT2D eigenvalue weighted by molar-refractivity contribution is 5.67. The van der Waals surface area contributed by atoms with Gasteiger partial charge in [0, 0.05) is 32.8 Å². The third-order valence-corrected chi connectivity index (χ3v) is 4.93. The summed E-state index contributed by atoms with van der Waals surface area (Å²) in [6.07, 6.45) is -3.30. The molecule has 0 spiro atoms. The van der Waals surface area contributed by atoms with Crippen molar-refractivity contribution >= 4 is 17.9 Å². The van der Waals surface area contributed by atoms with Crippen molar-refractivity contribution in [2.45, 2.75) is 97.4 Å². The number of rotatable bonds is 6. The van der Waals surface area contributed by atoms with E-state index < -0.39 is 59.9 Å². The number of carbonyl (C=O) groups is 3. The monoisotopic (exact) mass is 502 g/mol. The van der Waals surface area contributed by atoms with Gasteiger partial charge in [-0.25, -0.2) is 0 Å². The number of allylic oxidation sites excluding steroid dienone is 2. The Bertz CT molecular complexity index is 973. The highest BCUT2D eigenvalue weighted by atomic mass is 16.6. The van der Waals surface area contributed by atoms with E-state index in [4.69, 9.17) is 14.2 Å². The van der Waals surface area contributed by atoms with Gasteiger partial charge in [-0.1, -0.05) is 41.6 Å². The second kappa shape index (κ2) is 14.3. The molecule has 0 saturated carbocycles. The standard InChI is InChI=1S/C27H34O9/c1-17(28)24(34-20(4)31)10-9-23-8-7-13-27(16-23,14-11-25(18(2)29)35-21(5)32)15-12-26(19(3)30)36-22(6)33/h8,17-19,24-26,28-30H,7,13,16H2,1-6H3. The first-order valence-corrected chi connectivity index (χ1v) is 11.6. The average molecular weight is 503 g/mol. The van der Waals surface area contributed by atoms with E-state index in [1.54, 1.807) is 0 Å². The highest BCUT2D eigenvalue weighted by Crippen LogP contribution is 2.35. The van der Waals surface area contributed by atoms with Gasteiger partial charge >= 0.3 is 17.9 Å². The van der Waals surface area contributed by atoms with E-state index in [-0.39, 0.29) is 6.42 Å². The lowest BCUT2D eigenvalue weighted by Gasteiger charge is -2.27. The Morgan fingerprint density at radius 3 is 1.53 bits per heavy atom. The summed E-state index contributed by atoms with van der Waals surface area (Å²) >= 11 is 0. The molecule has 6 unspecified atom stereocenters. The van der Waals surface area contributed by atoms with Gasteiger partial charge in [0.1, 0.15) is 0 Å². The van der Waals surface area contributed by atoms with Crippen LogP contribution in [0.15, 0.2) is 11.6 Å². The Morgan fingerprint density at radius 2 is 1.17 bits per heavy atom. The molecule has 1 aliphatic carbocycles. The molecule has 3 N–H and O–H groups in total. The van der Waals surface area contributed by atoms with E-state index >= 15 is 0 Å². The van der Waals surface area contributed by atoms with Gasteiger partial charge in [-0.05, 0) is 33.6 Å². The van der Waals surface area contributed by atoms with Gasteiger partial charge in [-0.15, -0.1) is 0 Å². The Kier molecular flexibility index (Phi) is 12.2. The molecule has 0 heterocycles. The Morgan fingerprint density at radius 1 is 0.778 bits per heavy atom. The first kappa shape index (κ1) is 30.7. The lowest BCUT2D eigenvalue weighted by Crippen LogP contribution is -2.29. The van der Waals surface area contributed by atoms with E-state index in [9.17, 15) is 29.7 Å². The number of esters is 3. The Hall–Kier alpha value is -3.29. The van der Waals surface area contributed by atoms with Crippen LogP contribution in [0.25, 0.3) is 0 Å². The molecule has 0 saturated heterocycles. The predicted molar refractivity (Wildman–Crippen MR) is 129 cm³/mol. The summed E-state index contributed by atoms with van der Waals surface area (Å²) in [5.74, 6) is 15.5. The Labute approximate surface area is 212 Å². The molecule has 0 aromatic heterocycles. The molecule has 1 aliphatic rings. The van der Waals surface area contributed by atoms with E-state index in [0.29, 0.717) is 18.4 Å². The molecule has 9 nitrogen and oxygen atoms in total. The van der Waals surface area contributed by atoms with E-state index in [2.05, 4.69) is 35.5 Å². The minimum Gasteiger partial charge on any atom is -0.447 e. The first-order valence-electron chi connectivity index (χ1n) is 11.6. The van der Waals surface area contributed by atoms with Crippen LogP contribution in [0.4, 0.5) is 0 Å². The molecule has 36 heavy (non-hydrogen) atoms. The average Bonchev–Trinajstić information content (AvgIpc) is 2.76. The quantitative estimate of drug-likeness (QED) is 0.276. The summed E-state index contributed by atoms with van der Waals surface area (Å²) in [5, 5.41) is 29.8. The van der Waals surface area contributed by atoms with Crippen molar-refractivity contribution in [1.29, 1.82) is 0 Å². The fourth-order valence-corrected chi connectivity index (χ4v) is 3.18. The van der Waals surface area contributed by atoms with Crippen LogP contribution >= 0.6 is 0 Å². The smallest absolute Gasteiger partial charge is 0.303 e. The minimum atomic E-state index is -1.09. The number of ether oxygens (including phenoxy) is 3. The number of aliphatic hydroxyl groups excluding tert-OH is 3. The van der Waals surface area contributed by atoms with Gasteiger partial charge in [-0.3, -0.25) is 14.4 Å². The third kappa shape index (κ3) is 11.0. The fraction of sp³-hybridized carbons (Fsp3) is 0.593. The van der Waals surface area contributed by atoms with Crippen LogP contribution in [0.1, 0.15) is 60.8 Å². The molecule has 1 rings (SSSR count). The Balaban J connectivity index is 3.46. The molecule has 9 heteroatoms. The molecule has 6 atom stereocenters. The second-order valence-corrected chi connectivity index (χ2v) is 8.65. The van der Waals surface area contributed by atoms with Crippen LogP contribution in [0.2, 0.25) is 0 Å². The van der Waals surface area contributed by atoms with E-state index in [0.717, 1.165) is 0 Å². The van der Waals surface area contributed by atoms with Gasteiger partial charge in [-0.2, -0.15) is 0 Å². The molecule has 0 aromatic rings. The highest BCUT2D eigenvalue weighted by Gasteiger charge is 2.31. The first-order chi connectivity index (χ1) is 16.7. The van der Waals surface area contributed by atoms with Gasteiger partial charge in [0.2, 0.25) is 0 Å². The van der Waals surface area contributed by atoms with Crippen LogP contribution in [0.5, 0.6) is 0 Å². The topological polar surface area (TPSA) is 140 Å². The molecule has 0 bridgehead atoms. The van der Waals surface area contributed by atoms with Gasteiger partial charge in [0.25, 0.3) is 0 Å². The lowest BCUT2D eigenvalue weighted by atomic mass is 9.74. The van der Waals surface area contributed by atoms with Crippen molar-refractivity contribution < 1.29 is 43.9 Å². The maximum Gasteiger partial charge on any atom is 0.303 e. The summed E-state index contributed by atoms with van der Waals surface area (Å²) in [7, 11) is 0. The number of hydrogen-bond acceptors (Lipinski definition) is 9. The minimum absolute atomic E-state index is 0.214. The summed E-state index contributed by atoms with van der Waals surface area (Å²) in [6, 6.07) is 0. The van der Waals surface area contributed by atoms with Crippen LogP contribution in [-0.2, 0) is 28.6 Å². The van der Waals surface area contributed by atoms with Crippen molar-refractivity contribution in [3.63, 3.8) is 0 Å². The second-order valence-electron chi connectivity index (χ2n) is 8.65. The summed E-state index contributed by atoms with van der Waals surface area (Å²) in [4.78, 5) is 34.2. The number of hydrogen-bond donors (Lipinski definition) is 3. The largest absolute Gasteiger partial charge is 0.447 e. The van der Waals surface area contributed by atoms with Crippen molar-refractivity contribution in [1.82, 2.24) is 0 Å². The summed E-state index contributed by atoms with van der Waals surface area (Å²) in [5.41, 5.74) is -0.425. The third-order valence-electron chi connectivity index (χ3n) is 4.93. The number of aliphatic hydroxyl groups is 3. The molecule has 0 radical (unpaired) electrons. The van der Waals surface area contributed by atoms with Crippen LogP contribution in [0, 0.1) is 40.9 Å². The normalized spacial score (nSPS) is 21.5. The lowest BCUT2D eigenvalue weighted by molar-refractivity contribution is -0.148. The van der Waals surface area contributed by atoms with Crippen LogP contribution in [-0.4, -0.2) is 69.9 Å².